The second kappa shape index (κ2) is 8.76. The first kappa shape index (κ1) is 28.1. The number of nitrogens with zero attached hydrogens (tertiary/aromatic N) is 1. The molecule has 7 nitrogen and oxygen atoms in total. The quantitative estimate of drug-likeness (QED) is 0.347. The second-order valence-corrected chi connectivity index (χ2v) is 15.4. The van der Waals surface area contributed by atoms with Crippen LogP contribution in [0.4, 0.5) is 0 Å². The summed E-state index contributed by atoms with van der Waals surface area (Å²) in [7, 11) is 1.55. The molecule has 8 atom stereocenters. The first-order chi connectivity index (χ1) is 18.7. The first-order valence-electron chi connectivity index (χ1n) is 15.4. The van der Waals surface area contributed by atoms with Gasteiger partial charge in [-0.2, -0.15) is 0 Å². The van der Waals surface area contributed by atoms with Crippen molar-refractivity contribution in [3.05, 3.63) is 29.2 Å². The SMILES string of the molecule is CCNC(=O)[C@]12CCC(C)(C)C[C@H]1[C@H]1C(=O)C=C3[C@@]4(C)Cc5cnoc5[C@@](C)(OOC)[C@@H]4CC[C@@]3(C)[C@]1(C)CC2. The Bertz CT molecular complexity index is 1270. The van der Waals surface area contributed by atoms with E-state index >= 15 is 0 Å². The second-order valence-electron chi connectivity index (χ2n) is 15.4. The van der Waals surface area contributed by atoms with Crippen LogP contribution in [0.2, 0.25) is 0 Å². The number of carbonyl (C=O) groups excluding carboxylic acids is 2. The Hall–Kier alpha value is -1.99. The fourth-order valence-electron chi connectivity index (χ4n) is 10.9. The average molecular weight is 553 g/mol. The van der Waals surface area contributed by atoms with Gasteiger partial charge in [0, 0.05) is 23.9 Å². The van der Waals surface area contributed by atoms with E-state index in [9.17, 15) is 9.59 Å². The minimum absolute atomic E-state index is 0.0485. The molecule has 1 aromatic heterocycles. The van der Waals surface area contributed by atoms with Gasteiger partial charge in [0.05, 0.1) is 18.7 Å². The number of rotatable bonds is 4. The molecule has 1 heterocycles. The lowest BCUT2D eigenvalue weighted by atomic mass is 9.34. The van der Waals surface area contributed by atoms with Crippen LogP contribution in [0.15, 0.2) is 22.4 Å². The minimum Gasteiger partial charge on any atom is -0.358 e. The minimum atomic E-state index is -0.802. The van der Waals surface area contributed by atoms with Crippen LogP contribution in [0.1, 0.15) is 105 Å². The largest absolute Gasteiger partial charge is 0.358 e. The summed E-state index contributed by atoms with van der Waals surface area (Å²) in [6.45, 7) is 16.4. The molecule has 1 N–H and O–H groups in total. The van der Waals surface area contributed by atoms with Gasteiger partial charge in [-0.25, -0.2) is 9.78 Å². The molecule has 7 heteroatoms. The van der Waals surface area contributed by atoms with Crippen molar-refractivity contribution in [2.75, 3.05) is 13.7 Å². The molecule has 220 valence electrons. The smallest absolute Gasteiger partial charge is 0.226 e. The van der Waals surface area contributed by atoms with E-state index < -0.39 is 11.0 Å². The molecule has 3 saturated carbocycles. The van der Waals surface area contributed by atoms with Gasteiger partial charge in [0.1, 0.15) is 0 Å². The molecule has 1 aromatic rings. The molecule has 0 saturated heterocycles. The van der Waals surface area contributed by atoms with Crippen molar-refractivity contribution < 1.29 is 23.9 Å². The highest BCUT2D eigenvalue weighted by molar-refractivity contribution is 5.96. The van der Waals surface area contributed by atoms with E-state index in [0.717, 1.165) is 62.7 Å². The number of ketones is 1. The van der Waals surface area contributed by atoms with E-state index in [1.807, 2.05) is 19.9 Å². The lowest BCUT2D eigenvalue weighted by molar-refractivity contribution is -0.375. The standard InChI is InChI=1S/C33H48N2O5/c1-9-34-27(37)33-14-12-28(2,3)18-21(33)25-22(36)16-24-29(4)17-20-19-35-39-26(20)32(7,40-38-8)23(29)10-11-30(24,5)31(25,6)13-15-33/h16,19,21,23,25H,9-15,17-18H2,1-8H3,(H,34,37)/t21-,23+,25-,29-,30+,31+,32-,33-/m0/s1. The number of nitrogens with one attached hydrogen (secondary N) is 1. The number of allylic oxidation sites excluding steroid dienone is 2. The van der Waals surface area contributed by atoms with Crippen molar-refractivity contribution in [2.24, 2.45) is 44.8 Å². The third kappa shape index (κ3) is 3.40. The van der Waals surface area contributed by atoms with E-state index in [0.29, 0.717) is 6.54 Å². The van der Waals surface area contributed by atoms with Crippen LogP contribution in [0.5, 0.6) is 0 Å². The zero-order chi connectivity index (χ0) is 28.9. The Morgan fingerprint density at radius 1 is 1.10 bits per heavy atom. The molecule has 0 radical (unpaired) electrons. The average Bonchev–Trinajstić information content (AvgIpc) is 3.34. The van der Waals surface area contributed by atoms with E-state index in [2.05, 4.69) is 45.1 Å². The normalized spacial score (nSPS) is 45.2. The summed E-state index contributed by atoms with van der Waals surface area (Å²) in [6.07, 6.45) is 11.0. The highest BCUT2D eigenvalue weighted by atomic mass is 17.2. The van der Waals surface area contributed by atoms with Crippen LogP contribution < -0.4 is 5.32 Å². The van der Waals surface area contributed by atoms with Gasteiger partial charge in [0.2, 0.25) is 5.91 Å². The molecule has 40 heavy (non-hydrogen) atoms. The monoisotopic (exact) mass is 552 g/mol. The van der Waals surface area contributed by atoms with Crippen molar-refractivity contribution in [3.8, 4) is 0 Å². The Morgan fingerprint density at radius 2 is 1.82 bits per heavy atom. The number of hydrogen-bond acceptors (Lipinski definition) is 6. The van der Waals surface area contributed by atoms with E-state index in [-0.39, 0.29) is 51.1 Å². The molecule has 0 aliphatic heterocycles. The van der Waals surface area contributed by atoms with Crippen LogP contribution in [0.25, 0.3) is 0 Å². The Labute approximate surface area is 239 Å². The van der Waals surface area contributed by atoms with Gasteiger partial charge >= 0.3 is 0 Å². The Kier molecular flexibility index (Phi) is 6.16. The molecular weight excluding hydrogens is 504 g/mol. The molecule has 0 bridgehead atoms. The van der Waals surface area contributed by atoms with E-state index in [1.165, 1.54) is 5.57 Å². The number of carbonyl (C=O) groups is 2. The molecule has 0 spiro atoms. The van der Waals surface area contributed by atoms with Crippen molar-refractivity contribution in [2.45, 2.75) is 105 Å². The van der Waals surface area contributed by atoms with Gasteiger partial charge < -0.3 is 9.84 Å². The summed E-state index contributed by atoms with van der Waals surface area (Å²) in [5.74, 6) is 1.08. The Morgan fingerprint density at radius 3 is 2.52 bits per heavy atom. The van der Waals surface area contributed by atoms with Crippen LogP contribution >= 0.6 is 0 Å². The highest BCUT2D eigenvalue weighted by Crippen LogP contribution is 2.74. The van der Waals surface area contributed by atoms with Crippen LogP contribution in [-0.2, 0) is 31.4 Å². The predicted octanol–water partition coefficient (Wildman–Crippen LogP) is 6.32. The van der Waals surface area contributed by atoms with Crippen LogP contribution in [0, 0.1) is 44.8 Å². The maximum absolute atomic E-state index is 14.6. The maximum Gasteiger partial charge on any atom is 0.226 e. The summed E-state index contributed by atoms with van der Waals surface area (Å²) >= 11 is 0. The van der Waals surface area contributed by atoms with Gasteiger partial charge in [-0.1, -0.05) is 45.3 Å². The highest BCUT2D eigenvalue weighted by Gasteiger charge is 2.71. The third-order valence-corrected chi connectivity index (χ3v) is 13.0. The predicted molar refractivity (Wildman–Crippen MR) is 151 cm³/mol. The lowest BCUT2D eigenvalue weighted by Crippen LogP contribution is -2.67. The molecule has 5 aliphatic rings. The maximum atomic E-state index is 14.6. The molecule has 0 unspecified atom stereocenters. The molecule has 0 aromatic carbocycles. The summed E-state index contributed by atoms with van der Waals surface area (Å²) in [6, 6.07) is 0. The number of hydrogen-bond donors (Lipinski definition) is 1. The van der Waals surface area contributed by atoms with Gasteiger partial charge in [-0.3, -0.25) is 9.59 Å². The van der Waals surface area contributed by atoms with Gasteiger partial charge in [-0.15, -0.1) is 0 Å². The van der Waals surface area contributed by atoms with Crippen LogP contribution in [-0.4, -0.2) is 30.5 Å². The molecule has 6 rings (SSSR count). The molecule has 3 fully saturated rings. The van der Waals surface area contributed by atoms with E-state index in [1.54, 1.807) is 13.3 Å². The van der Waals surface area contributed by atoms with Crippen molar-refractivity contribution >= 4 is 11.7 Å². The third-order valence-electron chi connectivity index (χ3n) is 13.0. The topological polar surface area (TPSA) is 90.7 Å². The summed E-state index contributed by atoms with van der Waals surface area (Å²) in [5, 5.41) is 7.34. The molecule has 5 aliphatic carbocycles. The molecular formula is C33H48N2O5. The van der Waals surface area contributed by atoms with Crippen molar-refractivity contribution in [1.82, 2.24) is 10.5 Å². The zero-order valence-corrected chi connectivity index (χ0v) is 25.7. The number of fused-ring (bicyclic) bond motifs is 8. The van der Waals surface area contributed by atoms with E-state index in [4.69, 9.17) is 14.3 Å². The fraction of sp³-hybridized carbons (Fsp3) is 0.788. The summed E-state index contributed by atoms with van der Waals surface area (Å²) < 4.78 is 5.76. The summed E-state index contributed by atoms with van der Waals surface area (Å²) in [4.78, 5) is 39.8. The summed E-state index contributed by atoms with van der Waals surface area (Å²) in [5.41, 5.74) is 0.404. The first-order valence-corrected chi connectivity index (χ1v) is 15.4. The van der Waals surface area contributed by atoms with Crippen molar-refractivity contribution in [1.29, 1.82) is 0 Å². The van der Waals surface area contributed by atoms with Crippen LogP contribution in [0.3, 0.4) is 0 Å². The zero-order valence-electron chi connectivity index (χ0n) is 25.7. The van der Waals surface area contributed by atoms with Gasteiger partial charge in [-0.05, 0) is 98.9 Å². The van der Waals surface area contributed by atoms with Gasteiger partial charge in [0.15, 0.2) is 17.1 Å². The van der Waals surface area contributed by atoms with Crippen molar-refractivity contribution in [3.63, 3.8) is 0 Å². The number of amides is 1. The fourth-order valence-corrected chi connectivity index (χ4v) is 10.9. The van der Waals surface area contributed by atoms with Gasteiger partial charge in [0.25, 0.3) is 0 Å². The lowest BCUT2D eigenvalue weighted by Gasteiger charge is -2.69. The Balaban J connectivity index is 1.49. The molecule has 1 amide bonds. The number of aromatic nitrogens is 1.